The van der Waals surface area contributed by atoms with Crippen LogP contribution in [0.5, 0.6) is 0 Å². The molecule has 9 heteroatoms. The maximum atomic E-state index is 11.9. The first-order chi connectivity index (χ1) is 10.7. The summed E-state index contributed by atoms with van der Waals surface area (Å²) in [6.07, 6.45) is 2.75. The van der Waals surface area contributed by atoms with Gasteiger partial charge in [0.05, 0.1) is 12.3 Å². The molecule has 2 rings (SSSR count). The molecule has 0 aromatic carbocycles. The van der Waals surface area contributed by atoms with E-state index in [-0.39, 0.29) is 17.7 Å². The lowest BCUT2D eigenvalue weighted by molar-refractivity contribution is -0.131. The Morgan fingerprint density at radius 1 is 1.48 bits per heavy atom. The smallest absolute Gasteiger partial charge is 0.223 e. The van der Waals surface area contributed by atoms with E-state index in [0.29, 0.717) is 24.7 Å². The predicted molar refractivity (Wildman–Crippen MR) is 84.4 cm³/mol. The predicted octanol–water partition coefficient (Wildman–Crippen LogP) is 0.236. The summed E-state index contributed by atoms with van der Waals surface area (Å²) in [4.78, 5) is 20.1. The van der Waals surface area contributed by atoms with Gasteiger partial charge in [-0.15, -0.1) is 0 Å². The second-order valence-corrected chi connectivity index (χ2v) is 8.36. The Balaban J connectivity index is 1.88. The van der Waals surface area contributed by atoms with Crippen LogP contribution in [-0.4, -0.2) is 72.0 Å². The number of aryl methyl sites for hydroxylation is 1. The molecule has 1 aromatic heterocycles. The maximum absolute atomic E-state index is 11.9. The van der Waals surface area contributed by atoms with Crippen LogP contribution in [0.2, 0.25) is 0 Å². The fourth-order valence-corrected chi connectivity index (χ4v) is 3.53. The molecule has 0 radical (unpaired) electrons. The van der Waals surface area contributed by atoms with Crippen LogP contribution in [0.25, 0.3) is 0 Å². The second kappa shape index (κ2) is 7.39. The lowest BCUT2D eigenvalue weighted by Crippen LogP contribution is -2.40. The molecule has 0 bridgehead atoms. The van der Waals surface area contributed by atoms with Crippen molar-refractivity contribution >= 4 is 15.7 Å². The Labute approximate surface area is 136 Å². The minimum absolute atomic E-state index is 0.0181. The molecule has 1 amide bonds. The molecule has 1 aliphatic rings. The van der Waals surface area contributed by atoms with E-state index >= 15 is 0 Å². The number of carbonyl (C=O) groups excluding carboxylic acids is 1. The molecule has 2 heterocycles. The minimum Gasteiger partial charge on any atom is -0.340 e. The molecule has 1 aromatic rings. The largest absolute Gasteiger partial charge is 0.340 e. The van der Waals surface area contributed by atoms with Crippen molar-refractivity contribution in [1.29, 1.82) is 0 Å². The van der Waals surface area contributed by atoms with E-state index in [2.05, 4.69) is 15.0 Å². The first-order valence-corrected chi connectivity index (χ1v) is 9.77. The van der Waals surface area contributed by atoms with Crippen molar-refractivity contribution in [3.63, 3.8) is 0 Å². The highest BCUT2D eigenvalue weighted by Crippen LogP contribution is 2.18. The number of aromatic nitrogens is 2. The zero-order chi connectivity index (χ0) is 17.0. The average Bonchev–Trinajstić information content (AvgIpc) is 3.03. The molecule has 1 aliphatic heterocycles. The average molecular weight is 344 g/mol. The van der Waals surface area contributed by atoms with Gasteiger partial charge in [0.25, 0.3) is 0 Å². The Bertz CT molecular complexity index is 643. The van der Waals surface area contributed by atoms with Crippen molar-refractivity contribution in [3.8, 4) is 0 Å². The summed E-state index contributed by atoms with van der Waals surface area (Å²) in [5.41, 5.74) is 0. The second-order valence-electron chi connectivity index (χ2n) is 6.10. The fourth-order valence-electron chi connectivity index (χ4n) is 2.88. The van der Waals surface area contributed by atoms with Gasteiger partial charge in [-0.1, -0.05) is 5.16 Å². The molecule has 130 valence electrons. The summed E-state index contributed by atoms with van der Waals surface area (Å²) in [6, 6.07) is 0.101. The highest BCUT2D eigenvalue weighted by atomic mass is 32.2. The summed E-state index contributed by atoms with van der Waals surface area (Å²) in [7, 11) is -2.92. The monoisotopic (exact) mass is 344 g/mol. The van der Waals surface area contributed by atoms with Gasteiger partial charge in [-0.2, -0.15) is 4.98 Å². The van der Waals surface area contributed by atoms with E-state index in [1.54, 1.807) is 18.7 Å². The Hall–Kier alpha value is -1.48. The minimum atomic E-state index is -2.92. The van der Waals surface area contributed by atoms with E-state index in [9.17, 15) is 13.2 Å². The van der Waals surface area contributed by atoms with Gasteiger partial charge < -0.3 is 14.3 Å². The molecule has 1 fully saturated rings. The highest BCUT2D eigenvalue weighted by Gasteiger charge is 2.30. The van der Waals surface area contributed by atoms with Gasteiger partial charge in [-0.3, -0.25) is 4.79 Å². The van der Waals surface area contributed by atoms with Gasteiger partial charge in [0.1, 0.15) is 9.84 Å². The van der Waals surface area contributed by atoms with Crippen LogP contribution in [0, 0.1) is 6.92 Å². The van der Waals surface area contributed by atoms with Crippen molar-refractivity contribution in [2.75, 3.05) is 31.6 Å². The molecule has 0 spiro atoms. The molecule has 0 saturated carbocycles. The number of sulfone groups is 1. The molecule has 0 unspecified atom stereocenters. The number of nitrogens with zero attached hydrogens (tertiary/aromatic N) is 4. The third-order valence-electron chi connectivity index (χ3n) is 3.96. The van der Waals surface area contributed by atoms with Gasteiger partial charge in [0, 0.05) is 39.2 Å². The van der Waals surface area contributed by atoms with Crippen LogP contribution < -0.4 is 0 Å². The van der Waals surface area contributed by atoms with Crippen molar-refractivity contribution in [2.45, 2.75) is 39.3 Å². The van der Waals surface area contributed by atoms with Gasteiger partial charge in [0.2, 0.25) is 11.8 Å². The van der Waals surface area contributed by atoms with Crippen molar-refractivity contribution in [2.24, 2.45) is 0 Å². The van der Waals surface area contributed by atoms with Crippen molar-refractivity contribution < 1.29 is 17.7 Å². The number of likely N-dealkylation sites (tertiary alicyclic amines) is 1. The molecular weight excluding hydrogens is 320 g/mol. The number of hydrogen-bond donors (Lipinski definition) is 0. The Kier molecular flexibility index (Phi) is 5.74. The van der Waals surface area contributed by atoms with Crippen LogP contribution in [0.4, 0.5) is 0 Å². The summed E-state index contributed by atoms with van der Waals surface area (Å²) < 4.78 is 27.3. The summed E-state index contributed by atoms with van der Waals surface area (Å²) in [6.45, 7) is 5.95. The lowest BCUT2D eigenvalue weighted by Gasteiger charge is -2.27. The number of hydrogen-bond acceptors (Lipinski definition) is 7. The summed E-state index contributed by atoms with van der Waals surface area (Å²) in [5, 5.41) is 3.84. The van der Waals surface area contributed by atoms with Crippen LogP contribution in [-0.2, 0) is 21.2 Å². The molecule has 23 heavy (non-hydrogen) atoms. The zero-order valence-electron chi connectivity index (χ0n) is 13.9. The van der Waals surface area contributed by atoms with Gasteiger partial charge >= 0.3 is 0 Å². The molecule has 1 atom stereocenters. The van der Waals surface area contributed by atoms with Crippen LogP contribution in [0.15, 0.2) is 4.52 Å². The first kappa shape index (κ1) is 17.9. The molecule has 0 N–H and O–H groups in total. The quantitative estimate of drug-likeness (QED) is 0.699. The topological polar surface area (TPSA) is 96.6 Å². The maximum Gasteiger partial charge on any atom is 0.223 e. The molecule has 8 nitrogen and oxygen atoms in total. The number of rotatable bonds is 7. The number of amides is 1. The van der Waals surface area contributed by atoms with E-state index in [4.69, 9.17) is 4.52 Å². The summed E-state index contributed by atoms with van der Waals surface area (Å²) in [5.74, 6) is 1.17. The van der Waals surface area contributed by atoms with Crippen molar-refractivity contribution in [1.82, 2.24) is 19.9 Å². The van der Waals surface area contributed by atoms with E-state index in [0.717, 1.165) is 26.1 Å². The highest BCUT2D eigenvalue weighted by molar-refractivity contribution is 7.90. The van der Waals surface area contributed by atoms with Crippen LogP contribution in [0.3, 0.4) is 0 Å². The SMILES string of the molecule is CC(=O)N(Cc1noc(C)n1)[C@H]1CCN(CCCS(C)(=O)=O)C1. The van der Waals surface area contributed by atoms with Crippen LogP contribution in [0.1, 0.15) is 31.5 Å². The van der Waals surface area contributed by atoms with E-state index < -0.39 is 9.84 Å². The summed E-state index contributed by atoms with van der Waals surface area (Å²) >= 11 is 0. The standard InChI is InChI=1S/C14H24N4O4S/c1-11-15-14(16-22-11)10-18(12(2)19)13-5-7-17(9-13)6-4-8-23(3,20)21/h13H,4-10H2,1-3H3/t13-/m0/s1. The Morgan fingerprint density at radius 3 is 2.78 bits per heavy atom. The van der Waals surface area contributed by atoms with Gasteiger partial charge in [0.15, 0.2) is 5.82 Å². The van der Waals surface area contributed by atoms with Crippen molar-refractivity contribution in [3.05, 3.63) is 11.7 Å². The molecule has 0 aliphatic carbocycles. The third-order valence-corrected chi connectivity index (χ3v) is 4.99. The molecule has 1 saturated heterocycles. The normalized spacial score (nSPS) is 19.2. The Morgan fingerprint density at radius 2 is 2.22 bits per heavy atom. The molecular formula is C14H24N4O4S. The van der Waals surface area contributed by atoms with Gasteiger partial charge in [-0.05, 0) is 19.4 Å². The number of carbonyl (C=O) groups is 1. The third kappa shape index (κ3) is 5.58. The zero-order valence-corrected chi connectivity index (χ0v) is 14.7. The van der Waals surface area contributed by atoms with Gasteiger partial charge in [-0.25, -0.2) is 8.42 Å². The van der Waals surface area contributed by atoms with Crippen LogP contribution >= 0.6 is 0 Å². The van der Waals surface area contributed by atoms with E-state index in [1.165, 1.54) is 6.26 Å². The lowest BCUT2D eigenvalue weighted by atomic mass is 10.2. The van der Waals surface area contributed by atoms with E-state index in [1.807, 2.05) is 0 Å². The fraction of sp³-hybridized carbons (Fsp3) is 0.786. The first-order valence-electron chi connectivity index (χ1n) is 7.71.